The normalized spacial score (nSPS) is 16.1. The molecule has 146 valence electrons. The van der Waals surface area contributed by atoms with Gasteiger partial charge in [-0.3, -0.25) is 4.79 Å². The van der Waals surface area contributed by atoms with Crippen LogP contribution in [0, 0.1) is 0 Å². The van der Waals surface area contributed by atoms with E-state index in [0.717, 1.165) is 27.8 Å². The second kappa shape index (κ2) is 7.52. The Morgan fingerprint density at radius 3 is 2.54 bits per heavy atom. The highest BCUT2D eigenvalue weighted by atomic mass is 32.1. The summed E-state index contributed by atoms with van der Waals surface area (Å²) in [7, 11) is 1.32. The predicted octanol–water partition coefficient (Wildman–Crippen LogP) is 3.78. The molecule has 0 spiro atoms. The summed E-state index contributed by atoms with van der Waals surface area (Å²) >= 11 is 2.96. The van der Waals surface area contributed by atoms with E-state index in [1.807, 2.05) is 24.3 Å². The smallest absolute Gasteiger partial charge is 0.336 e. The molecule has 3 aromatic rings. The second-order valence-corrected chi connectivity index (χ2v) is 8.95. The number of aromatic nitrogens is 1. The SMILES string of the molecule is COC(=O)[C@@](C)(NC(=O)c1cc2sc(N3CCCC3)nc2s1)c1ccccc1. The molecule has 1 atom stereocenters. The number of esters is 1. The third kappa shape index (κ3) is 3.38. The van der Waals surface area contributed by atoms with Crippen LogP contribution in [-0.4, -0.2) is 37.1 Å². The van der Waals surface area contributed by atoms with Gasteiger partial charge in [0.25, 0.3) is 5.91 Å². The maximum atomic E-state index is 12.9. The summed E-state index contributed by atoms with van der Waals surface area (Å²) in [6.07, 6.45) is 2.40. The van der Waals surface area contributed by atoms with Gasteiger partial charge in [-0.25, -0.2) is 9.78 Å². The summed E-state index contributed by atoms with van der Waals surface area (Å²) in [5.41, 5.74) is -0.596. The molecule has 6 nitrogen and oxygen atoms in total. The van der Waals surface area contributed by atoms with E-state index in [1.165, 1.54) is 31.3 Å². The Balaban J connectivity index is 1.59. The van der Waals surface area contributed by atoms with E-state index < -0.39 is 11.5 Å². The van der Waals surface area contributed by atoms with Gasteiger partial charge in [0.05, 0.1) is 16.7 Å². The maximum Gasteiger partial charge on any atom is 0.336 e. The lowest BCUT2D eigenvalue weighted by Gasteiger charge is -2.28. The average molecular weight is 416 g/mol. The lowest BCUT2D eigenvalue weighted by atomic mass is 9.92. The van der Waals surface area contributed by atoms with Crippen LogP contribution in [0.3, 0.4) is 0 Å². The third-order valence-electron chi connectivity index (χ3n) is 4.99. The van der Waals surface area contributed by atoms with Crippen LogP contribution in [0.15, 0.2) is 36.4 Å². The number of nitrogens with zero attached hydrogens (tertiary/aromatic N) is 2. The first-order valence-electron chi connectivity index (χ1n) is 9.13. The summed E-state index contributed by atoms with van der Waals surface area (Å²) in [6, 6.07) is 11.0. The number of thiophene rings is 1. The van der Waals surface area contributed by atoms with Gasteiger partial charge >= 0.3 is 5.97 Å². The van der Waals surface area contributed by atoms with Crippen LogP contribution in [-0.2, 0) is 15.1 Å². The van der Waals surface area contributed by atoms with Crippen molar-refractivity contribution < 1.29 is 14.3 Å². The predicted molar refractivity (Wildman–Crippen MR) is 112 cm³/mol. The summed E-state index contributed by atoms with van der Waals surface area (Å²) in [6.45, 7) is 3.75. The fourth-order valence-corrected chi connectivity index (χ4v) is 5.54. The summed E-state index contributed by atoms with van der Waals surface area (Å²) < 4.78 is 5.95. The van der Waals surface area contributed by atoms with E-state index in [0.29, 0.717) is 10.4 Å². The number of amides is 1. The maximum absolute atomic E-state index is 12.9. The highest BCUT2D eigenvalue weighted by Gasteiger charge is 2.38. The minimum absolute atomic E-state index is 0.310. The molecule has 28 heavy (non-hydrogen) atoms. The molecule has 1 saturated heterocycles. The van der Waals surface area contributed by atoms with Gasteiger partial charge in [-0.05, 0) is 31.4 Å². The number of carbonyl (C=O) groups excluding carboxylic acids is 2. The van der Waals surface area contributed by atoms with E-state index in [-0.39, 0.29) is 5.91 Å². The van der Waals surface area contributed by atoms with E-state index in [1.54, 1.807) is 30.4 Å². The van der Waals surface area contributed by atoms with Gasteiger partial charge in [0.15, 0.2) is 10.7 Å². The Kier molecular flexibility index (Phi) is 5.07. The van der Waals surface area contributed by atoms with Gasteiger partial charge in [-0.2, -0.15) is 0 Å². The van der Waals surface area contributed by atoms with E-state index in [9.17, 15) is 9.59 Å². The molecule has 1 amide bonds. The summed E-state index contributed by atoms with van der Waals surface area (Å²) in [4.78, 5) is 33.8. The monoisotopic (exact) mass is 415 g/mol. The molecule has 0 aliphatic carbocycles. The van der Waals surface area contributed by atoms with Crippen LogP contribution in [0.5, 0.6) is 0 Å². The lowest BCUT2D eigenvalue weighted by Crippen LogP contribution is -2.50. The largest absolute Gasteiger partial charge is 0.467 e. The lowest BCUT2D eigenvalue weighted by molar-refractivity contribution is -0.147. The topological polar surface area (TPSA) is 71.5 Å². The zero-order valence-electron chi connectivity index (χ0n) is 15.7. The number of hydrogen-bond donors (Lipinski definition) is 1. The number of rotatable bonds is 5. The van der Waals surface area contributed by atoms with E-state index >= 15 is 0 Å². The molecule has 2 aromatic heterocycles. The number of methoxy groups -OCH3 is 1. The summed E-state index contributed by atoms with van der Waals surface area (Å²) in [5, 5.41) is 3.88. The van der Waals surface area contributed by atoms with Gasteiger partial charge in [-0.15, -0.1) is 11.3 Å². The van der Waals surface area contributed by atoms with Crippen molar-refractivity contribution >= 4 is 49.2 Å². The minimum Gasteiger partial charge on any atom is -0.467 e. The minimum atomic E-state index is -1.27. The van der Waals surface area contributed by atoms with Crippen molar-refractivity contribution in [2.24, 2.45) is 0 Å². The van der Waals surface area contributed by atoms with E-state index in [4.69, 9.17) is 9.72 Å². The highest BCUT2D eigenvalue weighted by molar-refractivity contribution is 7.29. The molecular weight excluding hydrogens is 394 g/mol. The van der Waals surface area contributed by atoms with E-state index in [2.05, 4.69) is 10.2 Å². The number of anilines is 1. The number of benzene rings is 1. The van der Waals surface area contributed by atoms with Crippen molar-refractivity contribution in [2.75, 3.05) is 25.1 Å². The van der Waals surface area contributed by atoms with Gasteiger partial charge in [0.2, 0.25) is 0 Å². The van der Waals surface area contributed by atoms with Crippen LogP contribution >= 0.6 is 22.7 Å². The molecule has 4 rings (SSSR count). The van der Waals surface area contributed by atoms with Crippen molar-refractivity contribution in [1.82, 2.24) is 10.3 Å². The molecule has 0 saturated carbocycles. The van der Waals surface area contributed by atoms with Crippen LogP contribution in [0.4, 0.5) is 5.13 Å². The molecule has 1 aliphatic heterocycles. The number of carbonyl (C=O) groups is 2. The molecule has 1 N–H and O–H groups in total. The Labute approximate surface area is 171 Å². The van der Waals surface area contributed by atoms with Crippen molar-refractivity contribution in [3.05, 3.63) is 46.8 Å². The molecule has 0 bridgehead atoms. The van der Waals surface area contributed by atoms with Gasteiger partial charge in [0, 0.05) is 13.1 Å². The molecule has 0 unspecified atom stereocenters. The fraction of sp³-hybridized carbons (Fsp3) is 0.350. The first-order chi connectivity index (χ1) is 13.5. The number of hydrogen-bond acceptors (Lipinski definition) is 7. The Morgan fingerprint density at radius 1 is 1.18 bits per heavy atom. The number of thiazole rings is 1. The molecular formula is C20H21N3O3S2. The third-order valence-corrected chi connectivity index (χ3v) is 7.21. The van der Waals surface area contributed by atoms with Crippen LogP contribution in [0.25, 0.3) is 9.53 Å². The molecule has 3 heterocycles. The highest BCUT2D eigenvalue weighted by Crippen LogP contribution is 2.36. The Bertz CT molecular complexity index is 977. The number of fused-ring (bicyclic) bond motifs is 1. The summed E-state index contributed by atoms with van der Waals surface area (Å²) in [5.74, 6) is -0.825. The molecule has 0 radical (unpaired) electrons. The average Bonchev–Trinajstić information content (AvgIpc) is 3.43. The molecule has 1 fully saturated rings. The zero-order chi connectivity index (χ0) is 19.7. The van der Waals surface area contributed by atoms with Crippen molar-refractivity contribution in [2.45, 2.75) is 25.3 Å². The Morgan fingerprint density at radius 2 is 1.89 bits per heavy atom. The fourth-order valence-electron chi connectivity index (χ4n) is 3.38. The van der Waals surface area contributed by atoms with Gasteiger partial charge < -0.3 is 15.0 Å². The first-order valence-corrected chi connectivity index (χ1v) is 10.8. The number of ether oxygens (including phenoxy) is 1. The van der Waals surface area contributed by atoms with Crippen molar-refractivity contribution in [1.29, 1.82) is 0 Å². The molecule has 8 heteroatoms. The van der Waals surface area contributed by atoms with Crippen molar-refractivity contribution in [3.63, 3.8) is 0 Å². The van der Waals surface area contributed by atoms with Crippen LogP contribution < -0.4 is 10.2 Å². The van der Waals surface area contributed by atoms with Crippen LogP contribution in [0.2, 0.25) is 0 Å². The van der Waals surface area contributed by atoms with Gasteiger partial charge in [0.1, 0.15) is 4.83 Å². The zero-order valence-corrected chi connectivity index (χ0v) is 17.4. The quantitative estimate of drug-likeness (QED) is 0.642. The van der Waals surface area contributed by atoms with Crippen molar-refractivity contribution in [3.8, 4) is 0 Å². The van der Waals surface area contributed by atoms with Gasteiger partial charge in [-0.1, -0.05) is 41.7 Å². The Hall–Kier alpha value is -2.45. The second-order valence-electron chi connectivity index (χ2n) is 6.91. The standard InChI is InChI=1S/C20H21N3O3S2/c1-20(18(25)26-2,13-8-4-3-5-9-13)22-16(24)14-12-15-17(27-14)21-19(28-15)23-10-6-7-11-23/h3-5,8-9,12H,6-7,10-11H2,1-2H3,(H,22,24)/t20-/m0/s1. The van der Waals surface area contributed by atoms with Crippen LogP contribution in [0.1, 0.15) is 35.0 Å². The molecule has 1 aromatic carbocycles. The number of nitrogens with one attached hydrogen (secondary N) is 1. The first kappa shape index (κ1) is 18.9. The molecule has 1 aliphatic rings.